The van der Waals surface area contributed by atoms with E-state index >= 15 is 0 Å². The fourth-order valence-corrected chi connectivity index (χ4v) is 2.58. The Kier molecular flexibility index (Phi) is 5.60. The van der Waals surface area contributed by atoms with Crippen LogP contribution in [0.25, 0.3) is 11.4 Å². The van der Waals surface area contributed by atoms with Crippen molar-refractivity contribution in [3.63, 3.8) is 0 Å². The summed E-state index contributed by atoms with van der Waals surface area (Å²) in [4.78, 5) is 15.4. The van der Waals surface area contributed by atoms with E-state index in [2.05, 4.69) is 14.9 Å². The summed E-state index contributed by atoms with van der Waals surface area (Å²) in [7, 11) is 1.31. The normalized spacial score (nSPS) is 12.1. The SMILES string of the molecule is COC(=O)C(N)CSCc1nc(-c2ccccc2Cl)no1. The molecule has 0 aliphatic carbocycles. The van der Waals surface area contributed by atoms with Gasteiger partial charge in [0, 0.05) is 11.3 Å². The zero-order chi connectivity index (χ0) is 15.2. The van der Waals surface area contributed by atoms with Crippen LogP contribution in [0.1, 0.15) is 5.89 Å². The van der Waals surface area contributed by atoms with Gasteiger partial charge in [-0.25, -0.2) is 0 Å². The van der Waals surface area contributed by atoms with E-state index in [4.69, 9.17) is 21.9 Å². The first-order valence-electron chi connectivity index (χ1n) is 6.10. The molecule has 1 aromatic heterocycles. The quantitative estimate of drug-likeness (QED) is 0.812. The second-order valence-corrected chi connectivity index (χ2v) is 5.57. The summed E-state index contributed by atoms with van der Waals surface area (Å²) in [6.07, 6.45) is 0. The molecule has 0 spiro atoms. The lowest BCUT2D eigenvalue weighted by Crippen LogP contribution is -2.33. The van der Waals surface area contributed by atoms with Gasteiger partial charge in [-0.2, -0.15) is 4.98 Å². The van der Waals surface area contributed by atoms with E-state index in [1.165, 1.54) is 18.9 Å². The Morgan fingerprint density at radius 2 is 2.29 bits per heavy atom. The molecule has 1 atom stereocenters. The molecular weight excluding hydrogens is 314 g/mol. The van der Waals surface area contributed by atoms with Crippen molar-refractivity contribution in [3.8, 4) is 11.4 Å². The highest BCUT2D eigenvalue weighted by molar-refractivity contribution is 7.98. The van der Waals surface area contributed by atoms with Gasteiger partial charge in [-0.1, -0.05) is 28.9 Å². The molecule has 21 heavy (non-hydrogen) atoms. The molecule has 1 unspecified atom stereocenters. The van der Waals surface area contributed by atoms with Gasteiger partial charge in [0.25, 0.3) is 0 Å². The first-order valence-corrected chi connectivity index (χ1v) is 7.63. The number of hydrogen-bond acceptors (Lipinski definition) is 7. The number of carbonyl (C=O) groups is 1. The minimum absolute atomic E-state index is 0.413. The van der Waals surface area contributed by atoms with Gasteiger partial charge in [-0.3, -0.25) is 4.79 Å². The summed E-state index contributed by atoms with van der Waals surface area (Å²) in [6, 6.07) is 6.60. The molecule has 0 fully saturated rings. The molecule has 0 bridgehead atoms. The number of halogens is 1. The molecule has 0 aliphatic heterocycles. The average Bonchev–Trinajstić information content (AvgIpc) is 2.95. The lowest BCUT2D eigenvalue weighted by Gasteiger charge is -2.06. The van der Waals surface area contributed by atoms with Gasteiger partial charge >= 0.3 is 5.97 Å². The van der Waals surface area contributed by atoms with Crippen molar-refractivity contribution < 1.29 is 14.1 Å². The number of rotatable bonds is 6. The molecule has 6 nitrogen and oxygen atoms in total. The molecule has 2 rings (SSSR count). The van der Waals surface area contributed by atoms with Gasteiger partial charge in [0.05, 0.1) is 17.9 Å². The largest absolute Gasteiger partial charge is 0.468 e. The fraction of sp³-hybridized carbons (Fsp3) is 0.308. The molecule has 2 aromatic rings. The van der Waals surface area contributed by atoms with Crippen LogP contribution in [0.3, 0.4) is 0 Å². The average molecular weight is 328 g/mol. The first-order chi connectivity index (χ1) is 10.1. The van der Waals surface area contributed by atoms with Gasteiger partial charge in [0.1, 0.15) is 6.04 Å². The van der Waals surface area contributed by atoms with E-state index in [0.717, 1.165) is 0 Å². The zero-order valence-electron chi connectivity index (χ0n) is 11.3. The third-order valence-corrected chi connectivity index (χ3v) is 3.99. The lowest BCUT2D eigenvalue weighted by atomic mass is 10.2. The summed E-state index contributed by atoms with van der Waals surface area (Å²) in [5.74, 6) is 1.32. The molecule has 0 radical (unpaired) electrons. The third kappa shape index (κ3) is 4.20. The number of hydrogen-bond donors (Lipinski definition) is 1. The Morgan fingerprint density at radius 3 is 3.00 bits per heavy atom. The van der Waals surface area contributed by atoms with Crippen molar-refractivity contribution in [1.29, 1.82) is 0 Å². The van der Waals surface area contributed by atoms with Crippen molar-refractivity contribution >= 4 is 29.3 Å². The molecule has 112 valence electrons. The second-order valence-electron chi connectivity index (χ2n) is 4.14. The summed E-state index contributed by atoms with van der Waals surface area (Å²) in [5, 5.41) is 4.45. The van der Waals surface area contributed by atoms with Crippen LogP contribution in [-0.4, -0.2) is 35.0 Å². The number of aromatic nitrogens is 2. The smallest absolute Gasteiger partial charge is 0.323 e. The fourth-order valence-electron chi connectivity index (χ4n) is 1.56. The van der Waals surface area contributed by atoms with E-state index in [9.17, 15) is 4.79 Å². The van der Waals surface area contributed by atoms with Crippen LogP contribution in [0.2, 0.25) is 5.02 Å². The molecule has 1 heterocycles. The van der Waals surface area contributed by atoms with Crippen molar-refractivity contribution in [2.45, 2.75) is 11.8 Å². The van der Waals surface area contributed by atoms with Gasteiger partial charge in [-0.05, 0) is 12.1 Å². The van der Waals surface area contributed by atoms with Gasteiger partial charge in [0.15, 0.2) is 0 Å². The minimum atomic E-state index is -0.661. The van der Waals surface area contributed by atoms with Crippen molar-refractivity contribution in [1.82, 2.24) is 10.1 Å². The molecule has 0 aliphatic rings. The Bertz CT molecular complexity index is 620. The maximum Gasteiger partial charge on any atom is 0.323 e. The highest BCUT2D eigenvalue weighted by atomic mass is 35.5. The Morgan fingerprint density at radius 1 is 1.52 bits per heavy atom. The monoisotopic (exact) mass is 327 g/mol. The Labute approximate surface area is 131 Å². The molecule has 0 saturated carbocycles. The number of carbonyl (C=O) groups excluding carboxylic acids is 1. The second kappa shape index (κ2) is 7.44. The maximum atomic E-state index is 11.2. The number of nitrogens with zero attached hydrogens (tertiary/aromatic N) is 2. The van der Waals surface area contributed by atoms with Gasteiger partial charge < -0.3 is 15.0 Å². The molecule has 1 aromatic carbocycles. The summed E-state index contributed by atoms with van der Waals surface area (Å²) < 4.78 is 9.69. The van der Waals surface area contributed by atoms with Crippen LogP contribution in [0.15, 0.2) is 28.8 Å². The number of thioether (sulfide) groups is 1. The predicted molar refractivity (Wildman–Crippen MR) is 80.9 cm³/mol. The van der Waals surface area contributed by atoms with Crippen molar-refractivity contribution in [2.24, 2.45) is 5.73 Å². The summed E-state index contributed by atoms with van der Waals surface area (Å²) >= 11 is 7.49. The standard InChI is InChI=1S/C13H14ClN3O3S/c1-19-13(18)10(15)6-21-7-11-16-12(17-20-11)8-4-2-3-5-9(8)14/h2-5,10H,6-7,15H2,1H3. The number of nitrogens with two attached hydrogens (primary N) is 1. The van der Waals surface area contributed by atoms with Crippen molar-refractivity contribution in [3.05, 3.63) is 35.2 Å². The lowest BCUT2D eigenvalue weighted by molar-refractivity contribution is -0.141. The molecule has 0 amide bonds. The van der Waals surface area contributed by atoms with E-state index in [1.54, 1.807) is 6.07 Å². The zero-order valence-corrected chi connectivity index (χ0v) is 12.9. The first kappa shape index (κ1) is 15.8. The molecule has 0 saturated heterocycles. The number of benzene rings is 1. The van der Waals surface area contributed by atoms with Crippen LogP contribution < -0.4 is 5.73 Å². The van der Waals surface area contributed by atoms with E-state index < -0.39 is 12.0 Å². The Hall–Kier alpha value is -1.57. The maximum absolute atomic E-state index is 11.2. The third-order valence-electron chi connectivity index (χ3n) is 2.61. The predicted octanol–water partition coefficient (Wildman–Crippen LogP) is 2.12. The van der Waals surface area contributed by atoms with Crippen LogP contribution in [0.4, 0.5) is 0 Å². The van der Waals surface area contributed by atoms with Crippen LogP contribution in [-0.2, 0) is 15.3 Å². The van der Waals surface area contributed by atoms with E-state index in [1.807, 2.05) is 18.2 Å². The number of esters is 1. The molecule has 8 heteroatoms. The topological polar surface area (TPSA) is 91.2 Å². The van der Waals surface area contributed by atoms with Crippen LogP contribution in [0.5, 0.6) is 0 Å². The van der Waals surface area contributed by atoms with Gasteiger partial charge in [-0.15, -0.1) is 11.8 Å². The summed E-state index contributed by atoms with van der Waals surface area (Å²) in [5.41, 5.74) is 6.34. The van der Waals surface area contributed by atoms with Crippen molar-refractivity contribution in [2.75, 3.05) is 12.9 Å². The molecular formula is C13H14ClN3O3S. The molecule has 2 N–H and O–H groups in total. The number of ether oxygens (including phenoxy) is 1. The van der Waals surface area contributed by atoms with Crippen LogP contribution >= 0.6 is 23.4 Å². The highest BCUT2D eigenvalue weighted by Crippen LogP contribution is 2.25. The Balaban J connectivity index is 1.92. The summed E-state index contributed by atoms with van der Waals surface area (Å²) in [6.45, 7) is 0. The van der Waals surface area contributed by atoms with E-state index in [-0.39, 0.29) is 0 Å². The van der Waals surface area contributed by atoms with Crippen LogP contribution in [0, 0.1) is 0 Å². The van der Waals surface area contributed by atoms with Gasteiger partial charge in [0.2, 0.25) is 11.7 Å². The highest BCUT2D eigenvalue weighted by Gasteiger charge is 2.15. The van der Waals surface area contributed by atoms with E-state index in [0.29, 0.717) is 33.8 Å². The minimum Gasteiger partial charge on any atom is -0.468 e. The number of methoxy groups -OCH3 is 1.